The Hall–Kier alpha value is -3.66. The zero-order valence-electron chi connectivity index (χ0n) is 18.4. The van der Waals surface area contributed by atoms with E-state index >= 15 is 0 Å². The van der Waals surface area contributed by atoms with Crippen LogP contribution >= 0.6 is 0 Å². The topological polar surface area (TPSA) is 112 Å². The van der Waals surface area contributed by atoms with Gasteiger partial charge in [-0.2, -0.15) is 9.61 Å². The molecule has 0 bridgehead atoms. The summed E-state index contributed by atoms with van der Waals surface area (Å²) in [5.74, 6) is 0.437. The maximum absolute atomic E-state index is 12.9. The number of nitrogens with one attached hydrogen (secondary N) is 2. The summed E-state index contributed by atoms with van der Waals surface area (Å²) >= 11 is 0. The van der Waals surface area contributed by atoms with Gasteiger partial charge in [0.2, 0.25) is 0 Å². The number of pyridine rings is 1. The summed E-state index contributed by atoms with van der Waals surface area (Å²) in [5, 5.41) is 20.3. The van der Waals surface area contributed by atoms with Crippen LogP contribution in [0.3, 0.4) is 0 Å². The Morgan fingerprint density at radius 3 is 2.76 bits per heavy atom. The number of fused-ring (bicyclic) bond motifs is 2. The average Bonchev–Trinajstić information content (AvgIpc) is 3.60. The van der Waals surface area contributed by atoms with Crippen molar-refractivity contribution in [1.82, 2.24) is 29.3 Å². The third kappa shape index (κ3) is 3.20. The van der Waals surface area contributed by atoms with Gasteiger partial charge in [-0.15, -0.1) is 0 Å². The molecule has 170 valence electrons. The van der Waals surface area contributed by atoms with Crippen LogP contribution in [-0.4, -0.2) is 67.3 Å². The third-order valence-corrected chi connectivity index (χ3v) is 6.76. The molecule has 4 aromatic rings. The van der Waals surface area contributed by atoms with Crippen LogP contribution in [0.4, 0.5) is 11.5 Å². The highest BCUT2D eigenvalue weighted by molar-refractivity contribution is 6.00. The summed E-state index contributed by atoms with van der Waals surface area (Å²) < 4.78 is 3.67. The molecule has 0 aromatic carbocycles. The zero-order chi connectivity index (χ0) is 22.5. The first kappa shape index (κ1) is 20.0. The average molecular weight is 447 g/mol. The number of anilines is 2. The van der Waals surface area contributed by atoms with Crippen molar-refractivity contribution in [2.24, 2.45) is 0 Å². The van der Waals surface area contributed by atoms with Gasteiger partial charge in [-0.1, -0.05) is 0 Å². The van der Waals surface area contributed by atoms with E-state index in [9.17, 15) is 9.90 Å². The molecule has 10 heteroatoms. The van der Waals surface area contributed by atoms with Crippen molar-refractivity contribution in [1.29, 1.82) is 0 Å². The number of nitrogens with zero attached hydrogens (tertiary/aromatic N) is 6. The number of amides is 1. The molecule has 1 unspecified atom stereocenters. The van der Waals surface area contributed by atoms with Crippen LogP contribution < -0.4 is 15.5 Å². The smallest absolute Gasteiger partial charge is 0.257 e. The molecule has 2 atom stereocenters. The van der Waals surface area contributed by atoms with Gasteiger partial charge in [0, 0.05) is 38.6 Å². The van der Waals surface area contributed by atoms with Crippen LogP contribution in [0.15, 0.2) is 36.8 Å². The largest absolute Gasteiger partial charge is 0.391 e. The van der Waals surface area contributed by atoms with E-state index in [1.165, 1.54) is 19.0 Å². The Bertz CT molecular complexity index is 1350. The molecule has 33 heavy (non-hydrogen) atoms. The number of aromatic nitrogens is 5. The fourth-order valence-corrected chi connectivity index (χ4v) is 4.74. The summed E-state index contributed by atoms with van der Waals surface area (Å²) in [5.41, 5.74) is 4.45. The summed E-state index contributed by atoms with van der Waals surface area (Å²) in [6.07, 6.45) is 8.65. The summed E-state index contributed by atoms with van der Waals surface area (Å²) in [7, 11) is 1.81. The molecule has 2 aliphatic rings. The minimum absolute atomic E-state index is 0.219. The molecule has 1 amide bonds. The monoisotopic (exact) mass is 446 g/mol. The number of hydrogen-bond donors (Lipinski definition) is 3. The molecule has 1 saturated carbocycles. The molecule has 1 saturated heterocycles. The lowest BCUT2D eigenvalue weighted by Crippen LogP contribution is -2.50. The van der Waals surface area contributed by atoms with Crippen molar-refractivity contribution in [2.45, 2.75) is 37.8 Å². The zero-order valence-corrected chi connectivity index (χ0v) is 18.4. The highest BCUT2D eigenvalue weighted by atomic mass is 16.3. The molecule has 2 fully saturated rings. The minimum Gasteiger partial charge on any atom is -0.391 e. The van der Waals surface area contributed by atoms with Crippen LogP contribution in [0.1, 0.15) is 36.0 Å². The molecule has 3 N–H and O–H groups in total. The molecular weight excluding hydrogens is 420 g/mol. The third-order valence-electron chi connectivity index (χ3n) is 6.76. The van der Waals surface area contributed by atoms with Gasteiger partial charge < -0.3 is 20.6 Å². The van der Waals surface area contributed by atoms with Crippen LogP contribution in [0.25, 0.3) is 22.7 Å². The maximum atomic E-state index is 12.9. The van der Waals surface area contributed by atoms with E-state index in [-0.39, 0.29) is 11.9 Å². The van der Waals surface area contributed by atoms with Gasteiger partial charge in [-0.25, -0.2) is 9.97 Å². The molecule has 0 spiro atoms. The van der Waals surface area contributed by atoms with Crippen molar-refractivity contribution < 1.29 is 9.90 Å². The molecule has 10 nitrogen and oxygen atoms in total. The normalized spacial score (nSPS) is 20.4. The summed E-state index contributed by atoms with van der Waals surface area (Å²) in [6.45, 7) is 2.08. The second-order valence-corrected chi connectivity index (χ2v) is 8.71. The summed E-state index contributed by atoms with van der Waals surface area (Å²) in [6, 6.07) is 5.86. The highest BCUT2D eigenvalue weighted by Crippen LogP contribution is 2.30. The van der Waals surface area contributed by atoms with Crippen LogP contribution in [-0.2, 0) is 0 Å². The van der Waals surface area contributed by atoms with E-state index in [1.807, 2.05) is 23.7 Å². The fourth-order valence-electron chi connectivity index (χ4n) is 4.74. The van der Waals surface area contributed by atoms with Crippen LogP contribution in [0.5, 0.6) is 0 Å². The highest BCUT2D eigenvalue weighted by Gasteiger charge is 2.31. The van der Waals surface area contributed by atoms with Crippen LogP contribution in [0, 0.1) is 0 Å². The number of carbonyl (C=O) groups is 1. The second-order valence-electron chi connectivity index (χ2n) is 8.71. The lowest BCUT2D eigenvalue weighted by atomic mass is 9.89. The van der Waals surface area contributed by atoms with Gasteiger partial charge in [0.05, 0.1) is 35.4 Å². The van der Waals surface area contributed by atoms with E-state index in [0.29, 0.717) is 23.3 Å². The van der Waals surface area contributed by atoms with Gasteiger partial charge in [0.15, 0.2) is 11.3 Å². The van der Waals surface area contributed by atoms with E-state index in [2.05, 4.69) is 37.7 Å². The Kier molecular flexibility index (Phi) is 4.68. The molecule has 5 heterocycles. The van der Waals surface area contributed by atoms with Crippen molar-refractivity contribution in [2.75, 3.05) is 30.4 Å². The first-order chi connectivity index (χ1) is 16.1. The Morgan fingerprint density at radius 2 is 2.03 bits per heavy atom. The van der Waals surface area contributed by atoms with Gasteiger partial charge in [0.25, 0.3) is 5.91 Å². The quantitative estimate of drug-likeness (QED) is 0.429. The van der Waals surface area contributed by atoms with Crippen molar-refractivity contribution in [3.8, 4) is 11.4 Å². The van der Waals surface area contributed by atoms with E-state index in [0.717, 1.165) is 42.4 Å². The second kappa shape index (κ2) is 7.73. The summed E-state index contributed by atoms with van der Waals surface area (Å²) in [4.78, 5) is 24.7. The first-order valence-corrected chi connectivity index (χ1v) is 11.4. The molecule has 4 aromatic heterocycles. The minimum atomic E-state index is -0.490. The van der Waals surface area contributed by atoms with Crippen molar-refractivity contribution in [3.63, 3.8) is 0 Å². The van der Waals surface area contributed by atoms with Crippen LogP contribution in [0.2, 0.25) is 0 Å². The van der Waals surface area contributed by atoms with Gasteiger partial charge >= 0.3 is 0 Å². The number of imidazole rings is 1. The maximum Gasteiger partial charge on any atom is 0.257 e. The van der Waals surface area contributed by atoms with E-state index in [4.69, 9.17) is 4.98 Å². The van der Waals surface area contributed by atoms with E-state index < -0.39 is 6.10 Å². The van der Waals surface area contributed by atoms with Crippen molar-refractivity contribution in [3.05, 3.63) is 42.4 Å². The Labute approximate surface area is 190 Å². The molecular formula is C23H26N8O2. The lowest BCUT2D eigenvalue weighted by Gasteiger charge is -2.32. The number of aliphatic hydroxyl groups is 1. The van der Waals surface area contributed by atoms with Gasteiger partial charge in [0.1, 0.15) is 11.4 Å². The van der Waals surface area contributed by atoms with Gasteiger partial charge in [-0.05, 0) is 37.8 Å². The molecule has 0 radical (unpaired) electrons. The standard InChI is InChI=1S/C23H26N8O2/c1-24-20-12-16(17-5-6-18(29-9-2-3-10-29)22-25-8-11-30(17)22)27-21-14(13-26-31(20)21)23(33)28-15-4-7-19(15)32/h5-6,8,11-13,15,19,24,32H,2-4,7,9-10H2,1H3,(H,28,33)/t15?,19-/m1/s1. The number of hydrogen-bond acceptors (Lipinski definition) is 7. The molecule has 1 aliphatic heterocycles. The predicted octanol–water partition coefficient (Wildman–Crippen LogP) is 1.94. The number of aliphatic hydroxyl groups excluding tert-OH is 1. The number of rotatable bonds is 5. The van der Waals surface area contributed by atoms with Gasteiger partial charge in [-0.3, -0.25) is 9.20 Å². The molecule has 6 rings (SSSR count). The first-order valence-electron chi connectivity index (χ1n) is 11.4. The Balaban J connectivity index is 1.45. The Morgan fingerprint density at radius 1 is 1.18 bits per heavy atom. The lowest BCUT2D eigenvalue weighted by molar-refractivity contribution is 0.0448. The van der Waals surface area contributed by atoms with E-state index in [1.54, 1.807) is 10.7 Å². The number of carbonyl (C=O) groups excluding carboxylic acids is 1. The predicted molar refractivity (Wildman–Crippen MR) is 125 cm³/mol. The fraction of sp³-hybridized carbons (Fsp3) is 0.391. The SMILES string of the molecule is CNc1cc(-c2ccc(N3CCCC3)c3nccn23)nc2c(C(=O)NC3CC[C@H]3O)cnn12. The molecule has 1 aliphatic carbocycles. The van der Waals surface area contributed by atoms with Crippen molar-refractivity contribution >= 4 is 28.7 Å².